The summed E-state index contributed by atoms with van der Waals surface area (Å²) in [6.07, 6.45) is 0.897. The summed E-state index contributed by atoms with van der Waals surface area (Å²) >= 11 is 0. The number of fused-ring (bicyclic) bond motifs is 1. The van der Waals surface area contributed by atoms with Crippen molar-refractivity contribution in [2.45, 2.75) is 6.42 Å². The van der Waals surface area contributed by atoms with Crippen LogP contribution in [0, 0.1) is 0 Å². The van der Waals surface area contributed by atoms with Gasteiger partial charge in [-0.3, -0.25) is 4.79 Å². The smallest absolute Gasteiger partial charge is 0.258 e. The lowest BCUT2D eigenvalue weighted by Crippen LogP contribution is -2.36. The topological polar surface area (TPSA) is 42.0 Å². The van der Waals surface area contributed by atoms with E-state index in [9.17, 15) is 4.79 Å². The number of methoxy groups -OCH3 is 1. The van der Waals surface area contributed by atoms with Crippen molar-refractivity contribution >= 4 is 17.3 Å². The SMILES string of the molecule is COc1cccc(C(=O)N2CCc3ccc(N4CCOCC4)cc32)c1. The van der Waals surface area contributed by atoms with Crippen molar-refractivity contribution in [3.05, 3.63) is 53.6 Å². The third-order valence-electron chi connectivity index (χ3n) is 4.90. The number of anilines is 2. The second-order valence-electron chi connectivity index (χ2n) is 6.35. The van der Waals surface area contributed by atoms with E-state index in [4.69, 9.17) is 9.47 Å². The van der Waals surface area contributed by atoms with Crippen molar-refractivity contribution < 1.29 is 14.3 Å². The summed E-state index contributed by atoms with van der Waals surface area (Å²) in [5.74, 6) is 0.726. The Kier molecular flexibility index (Phi) is 4.32. The average molecular weight is 338 g/mol. The summed E-state index contributed by atoms with van der Waals surface area (Å²) in [6.45, 7) is 4.01. The van der Waals surface area contributed by atoms with Gasteiger partial charge in [0.25, 0.3) is 5.91 Å². The van der Waals surface area contributed by atoms with Crippen LogP contribution in [0.1, 0.15) is 15.9 Å². The number of carbonyl (C=O) groups is 1. The molecule has 0 atom stereocenters. The van der Waals surface area contributed by atoms with E-state index in [0.29, 0.717) is 11.3 Å². The Bertz CT molecular complexity index is 784. The van der Waals surface area contributed by atoms with E-state index in [2.05, 4.69) is 23.1 Å². The highest BCUT2D eigenvalue weighted by Crippen LogP contribution is 2.33. The van der Waals surface area contributed by atoms with Crippen molar-refractivity contribution in [2.24, 2.45) is 0 Å². The standard InChI is InChI=1S/C20H22N2O3/c1-24-18-4-2-3-16(13-18)20(23)22-8-7-15-5-6-17(14-19(15)22)21-9-11-25-12-10-21/h2-6,13-14H,7-12H2,1H3. The summed E-state index contributed by atoms with van der Waals surface area (Å²) in [4.78, 5) is 17.2. The van der Waals surface area contributed by atoms with Crippen LogP contribution in [-0.2, 0) is 11.2 Å². The van der Waals surface area contributed by atoms with Crippen LogP contribution in [0.15, 0.2) is 42.5 Å². The monoisotopic (exact) mass is 338 g/mol. The third-order valence-corrected chi connectivity index (χ3v) is 4.90. The lowest BCUT2D eigenvalue weighted by Gasteiger charge is -2.29. The lowest BCUT2D eigenvalue weighted by atomic mass is 10.1. The van der Waals surface area contributed by atoms with Crippen molar-refractivity contribution in [1.82, 2.24) is 0 Å². The van der Waals surface area contributed by atoms with Crippen LogP contribution in [-0.4, -0.2) is 45.9 Å². The van der Waals surface area contributed by atoms with E-state index in [-0.39, 0.29) is 5.91 Å². The van der Waals surface area contributed by atoms with Crippen LogP contribution < -0.4 is 14.5 Å². The zero-order valence-electron chi connectivity index (χ0n) is 14.4. The summed E-state index contributed by atoms with van der Waals surface area (Å²) in [6, 6.07) is 13.8. The second-order valence-corrected chi connectivity index (χ2v) is 6.35. The summed E-state index contributed by atoms with van der Waals surface area (Å²) in [5, 5.41) is 0. The van der Waals surface area contributed by atoms with Gasteiger partial charge in [0, 0.05) is 36.6 Å². The van der Waals surface area contributed by atoms with Gasteiger partial charge in [0.2, 0.25) is 0 Å². The highest BCUT2D eigenvalue weighted by Gasteiger charge is 2.27. The first kappa shape index (κ1) is 16.0. The molecule has 2 aliphatic rings. The zero-order valence-corrected chi connectivity index (χ0v) is 14.4. The van der Waals surface area contributed by atoms with Gasteiger partial charge in [0.15, 0.2) is 0 Å². The molecular weight excluding hydrogens is 316 g/mol. The molecule has 1 saturated heterocycles. The Labute approximate surface area is 147 Å². The van der Waals surface area contributed by atoms with Gasteiger partial charge in [-0.1, -0.05) is 12.1 Å². The van der Waals surface area contributed by atoms with Crippen LogP contribution in [0.2, 0.25) is 0 Å². The molecule has 0 bridgehead atoms. The molecule has 0 aliphatic carbocycles. The van der Waals surface area contributed by atoms with E-state index < -0.39 is 0 Å². The number of rotatable bonds is 3. The molecule has 25 heavy (non-hydrogen) atoms. The van der Waals surface area contributed by atoms with Crippen molar-refractivity contribution in [2.75, 3.05) is 49.8 Å². The number of morpholine rings is 1. The Hall–Kier alpha value is -2.53. The largest absolute Gasteiger partial charge is 0.497 e. The number of ether oxygens (including phenoxy) is 2. The Morgan fingerprint density at radius 3 is 2.72 bits per heavy atom. The van der Waals surface area contributed by atoms with Gasteiger partial charge in [-0.05, 0) is 42.3 Å². The van der Waals surface area contributed by atoms with E-state index in [1.807, 2.05) is 23.1 Å². The number of benzene rings is 2. The van der Waals surface area contributed by atoms with Gasteiger partial charge in [-0.25, -0.2) is 0 Å². The van der Waals surface area contributed by atoms with Gasteiger partial charge < -0.3 is 19.3 Å². The normalized spacial score (nSPS) is 16.7. The molecule has 0 radical (unpaired) electrons. The van der Waals surface area contributed by atoms with Gasteiger partial charge >= 0.3 is 0 Å². The van der Waals surface area contributed by atoms with Gasteiger partial charge in [-0.2, -0.15) is 0 Å². The van der Waals surface area contributed by atoms with E-state index in [0.717, 1.165) is 50.6 Å². The molecule has 4 rings (SSSR count). The molecule has 0 N–H and O–H groups in total. The summed E-state index contributed by atoms with van der Waals surface area (Å²) < 4.78 is 10.7. The molecule has 1 fully saturated rings. The Balaban J connectivity index is 1.62. The Morgan fingerprint density at radius 1 is 1.08 bits per heavy atom. The van der Waals surface area contributed by atoms with Crippen LogP contribution >= 0.6 is 0 Å². The van der Waals surface area contributed by atoms with Gasteiger partial charge in [0.1, 0.15) is 5.75 Å². The molecule has 0 aromatic heterocycles. The first-order chi connectivity index (χ1) is 12.3. The molecule has 1 amide bonds. The maximum Gasteiger partial charge on any atom is 0.258 e. The molecule has 2 aromatic rings. The van der Waals surface area contributed by atoms with Gasteiger partial charge in [0.05, 0.1) is 20.3 Å². The van der Waals surface area contributed by atoms with Crippen molar-refractivity contribution in [1.29, 1.82) is 0 Å². The molecule has 130 valence electrons. The molecule has 5 heteroatoms. The van der Waals surface area contributed by atoms with Crippen LogP contribution in [0.3, 0.4) is 0 Å². The van der Waals surface area contributed by atoms with Crippen molar-refractivity contribution in [3.63, 3.8) is 0 Å². The lowest BCUT2D eigenvalue weighted by molar-refractivity contribution is 0.0989. The number of amides is 1. The van der Waals surface area contributed by atoms with E-state index >= 15 is 0 Å². The van der Waals surface area contributed by atoms with Crippen molar-refractivity contribution in [3.8, 4) is 5.75 Å². The fourth-order valence-electron chi connectivity index (χ4n) is 3.51. The molecule has 0 spiro atoms. The highest BCUT2D eigenvalue weighted by molar-refractivity contribution is 6.07. The maximum atomic E-state index is 13.0. The third kappa shape index (κ3) is 3.07. The minimum atomic E-state index is 0.0248. The van der Waals surface area contributed by atoms with Crippen LogP contribution in [0.4, 0.5) is 11.4 Å². The molecule has 2 aromatic carbocycles. The molecule has 2 aliphatic heterocycles. The first-order valence-corrected chi connectivity index (χ1v) is 8.68. The molecular formula is C20H22N2O3. The minimum absolute atomic E-state index is 0.0248. The number of hydrogen-bond acceptors (Lipinski definition) is 4. The second kappa shape index (κ2) is 6.76. The van der Waals surface area contributed by atoms with E-state index in [1.54, 1.807) is 13.2 Å². The molecule has 0 unspecified atom stereocenters. The minimum Gasteiger partial charge on any atom is -0.497 e. The fraction of sp³-hybridized carbons (Fsp3) is 0.350. The highest BCUT2D eigenvalue weighted by atomic mass is 16.5. The quantitative estimate of drug-likeness (QED) is 0.863. The molecule has 2 heterocycles. The predicted molar refractivity (Wildman–Crippen MR) is 97.8 cm³/mol. The molecule has 5 nitrogen and oxygen atoms in total. The summed E-state index contributed by atoms with van der Waals surface area (Å²) in [5.41, 5.74) is 4.07. The predicted octanol–water partition coefficient (Wildman–Crippen LogP) is 2.73. The molecule has 0 saturated carbocycles. The number of nitrogens with zero attached hydrogens (tertiary/aromatic N) is 2. The van der Waals surface area contributed by atoms with E-state index in [1.165, 1.54) is 5.56 Å². The number of carbonyl (C=O) groups excluding carboxylic acids is 1. The maximum absolute atomic E-state index is 13.0. The average Bonchev–Trinajstić information content (AvgIpc) is 3.11. The number of hydrogen-bond donors (Lipinski definition) is 0. The van der Waals surface area contributed by atoms with Crippen LogP contribution in [0.5, 0.6) is 5.75 Å². The van der Waals surface area contributed by atoms with Crippen LogP contribution in [0.25, 0.3) is 0 Å². The summed E-state index contributed by atoms with van der Waals surface area (Å²) in [7, 11) is 1.61. The zero-order chi connectivity index (χ0) is 17.2. The van der Waals surface area contributed by atoms with Gasteiger partial charge in [-0.15, -0.1) is 0 Å². The Morgan fingerprint density at radius 2 is 1.92 bits per heavy atom. The fourth-order valence-corrected chi connectivity index (χ4v) is 3.51. The first-order valence-electron chi connectivity index (χ1n) is 8.68.